The second-order valence-corrected chi connectivity index (χ2v) is 4.77. The van der Waals surface area contributed by atoms with Crippen molar-refractivity contribution in [2.45, 2.75) is 26.8 Å². The highest BCUT2D eigenvalue weighted by atomic mass is 16.3. The van der Waals surface area contributed by atoms with Gasteiger partial charge in [-0.1, -0.05) is 0 Å². The summed E-state index contributed by atoms with van der Waals surface area (Å²) in [5.41, 5.74) is 1.20. The van der Waals surface area contributed by atoms with E-state index in [1.165, 1.54) is 18.2 Å². The maximum Gasteiger partial charge on any atom is 0.251 e. The first kappa shape index (κ1) is 14.0. The van der Waals surface area contributed by atoms with E-state index < -0.39 is 0 Å². The Morgan fingerprint density at radius 2 is 1.90 bits per heavy atom. The van der Waals surface area contributed by atoms with Gasteiger partial charge in [-0.25, -0.2) is 0 Å². The van der Waals surface area contributed by atoms with Crippen molar-refractivity contribution in [2.24, 2.45) is 0 Å². The van der Waals surface area contributed by atoms with Crippen molar-refractivity contribution in [1.29, 1.82) is 0 Å². The second-order valence-electron chi connectivity index (χ2n) is 4.77. The van der Waals surface area contributed by atoms with Gasteiger partial charge in [0.15, 0.2) is 11.5 Å². The van der Waals surface area contributed by atoms with E-state index in [-0.39, 0.29) is 29.0 Å². The molecule has 0 aliphatic heterocycles. The Bertz CT molecular complexity index is 645. The minimum Gasteiger partial charge on any atom is -0.504 e. The Labute approximate surface area is 116 Å². The SMILES string of the molecule is Cc1cc(C(C)NC(=O)c2ccc(O)c(O)c2)c(C)o1. The first-order valence-corrected chi connectivity index (χ1v) is 6.28. The van der Waals surface area contributed by atoms with Crippen molar-refractivity contribution in [3.8, 4) is 11.5 Å². The van der Waals surface area contributed by atoms with E-state index in [9.17, 15) is 15.0 Å². The van der Waals surface area contributed by atoms with Crippen molar-refractivity contribution in [3.05, 3.63) is 46.9 Å². The van der Waals surface area contributed by atoms with Crippen LogP contribution in [0.3, 0.4) is 0 Å². The largest absolute Gasteiger partial charge is 0.504 e. The van der Waals surface area contributed by atoms with Gasteiger partial charge in [-0.05, 0) is 45.0 Å². The van der Waals surface area contributed by atoms with Crippen LogP contribution in [0.2, 0.25) is 0 Å². The number of nitrogens with one attached hydrogen (secondary N) is 1. The molecule has 0 saturated heterocycles. The van der Waals surface area contributed by atoms with E-state index in [0.717, 1.165) is 17.1 Å². The molecule has 0 bridgehead atoms. The van der Waals surface area contributed by atoms with Crippen molar-refractivity contribution in [3.63, 3.8) is 0 Å². The lowest BCUT2D eigenvalue weighted by Crippen LogP contribution is -2.26. The molecule has 5 nitrogen and oxygen atoms in total. The summed E-state index contributed by atoms with van der Waals surface area (Å²) in [5.74, 6) is 0.660. The smallest absolute Gasteiger partial charge is 0.251 e. The van der Waals surface area contributed by atoms with Crippen LogP contribution in [0.25, 0.3) is 0 Å². The van der Waals surface area contributed by atoms with Crippen LogP contribution in [-0.4, -0.2) is 16.1 Å². The fourth-order valence-corrected chi connectivity index (χ4v) is 2.10. The number of rotatable bonds is 3. The minimum atomic E-state index is -0.328. The van der Waals surface area contributed by atoms with Gasteiger partial charge in [0, 0.05) is 11.1 Å². The molecule has 0 radical (unpaired) electrons. The summed E-state index contributed by atoms with van der Waals surface area (Å²) in [6, 6.07) is 5.63. The van der Waals surface area contributed by atoms with E-state index in [4.69, 9.17) is 4.42 Å². The van der Waals surface area contributed by atoms with E-state index in [1.807, 2.05) is 26.8 Å². The number of carbonyl (C=O) groups is 1. The lowest BCUT2D eigenvalue weighted by molar-refractivity contribution is 0.0939. The zero-order valence-corrected chi connectivity index (χ0v) is 11.6. The van der Waals surface area contributed by atoms with Crippen LogP contribution in [0, 0.1) is 13.8 Å². The molecule has 5 heteroatoms. The summed E-state index contributed by atoms with van der Waals surface area (Å²) in [5, 5.41) is 21.5. The summed E-state index contributed by atoms with van der Waals surface area (Å²) in [6.45, 7) is 5.55. The fourth-order valence-electron chi connectivity index (χ4n) is 2.10. The van der Waals surface area contributed by atoms with Crippen molar-refractivity contribution in [2.75, 3.05) is 0 Å². The molecule has 0 aliphatic rings. The van der Waals surface area contributed by atoms with Gasteiger partial charge in [-0.15, -0.1) is 0 Å². The number of aromatic hydroxyl groups is 2. The number of hydrogen-bond donors (Lipinski definition) is 3. The van der Waals surface area contributed by atoms with Crippen LogP contribution in [0.4, 0.5) is 0 Å². The quantitative estimate of drug-likeness (QED) is 0.752. The number of aryl methyl sites for hydroxylation is 2. The maximum absolute atomic E-state index is 12.1. The Morgan fingerprint density at radius 1 is 1.20 bits per heavy atom. The number of benzene rings is 1. The van der Waals surface area contributed by atoms with Crippen LogP contribution in [0.15, 0.2) is 28.7 Å². The molecule has 0 fully saturated rings. The van der Waals surface area contributed by atoms with Gasteiger partial charge in [-0.3, -0.25) is 4.79 Å². The van der Waals surface area contributed by atoms with Gasteiger partial charge >= 0.3 is 0 Å². The Kier molecular flexibility index (Phi) is 3.70. The minimum absolute atomic E-state index is 0.212. The Balaban J connectivity index is 2.15. The average molecular weight is 275 g/mol. The highest BCUT2D eigenvalue weighted by Crippen LogP contribution is 2.26. The molecule has 2 aromatic rings. The third kappa shape index (κ3) is 2.77. The number of hydrogen-bond acceptors (Lipinski definition) is 4. The normalized spacial score (nSPS) is 12.2. The highest BCUT2D eigenvalue weighted by molar-refractivity contribution is 5.95. The predicted molar refractivity (Wildman–Crippen MR) is 73.8 cm³/mol. The number of phenolic OH excluding ortho intramolecular Hbond substituents is 2. The summed E-state index contributed by atoms with van der Waals surface area (Å²) < 4.78 is 5.43. The molecule has 106 valence electrons. The van der Waals surface area contributed by atoms with Crippen molar-refractivity contribution < 1.29 is 19.4 Å². The number of furan rings is 1. The molecule has 3 N–H and O–H groups in total. The molecule has 1 unspecified atom stereocenters. The Hall–Kier alpha value is -2.43. The van der Waals surface area contributed by atoms with Crippen LogP contribution in [0.5, 0.6) is 11.5 Å². The molecule has 2 rings (SSSR count). The van der Waals surface area contributed by atoms with Gasteiger partial charge < -0.3 is 19.9 Å². The van der Waals surface area contributed by atoms with E-state index in [1.54, 1.807) is 0 Å². The molecule has 0 spiro atoms. The molecule has 0 saturated carbocycles. The predicted octanol–water partition coefficient (Wildman–Crippen LogP) is 2.80. The monoisotopic (exact) mass is 275 g/mol. The zero-order chi connectivity index (χ0) is 14.9. The summed E-state index contributed by atoms with van der Waals surface area (Å²) >= 11 is 0. The fraction of sp³-hybridized carbons (Fsp3) is 0.267. The zero-order valence-electron chi connectivity index (χ0n) is 11.6. The topological polar surface area (TPSA) is 82.7 Å². The van der Waals surface area contributed by atoms with E-state index in [2.05, 4.69) is 5.32 Å². The van der Waals surface area contributed by atoms with Crippen molar-refractivity contribution in [1.82, 2.24) is 5.32 Å². The van der Waals surface area contributed by atoms with Crippen molar-refractivity contribution >= 4 is 5.91 Å². The maximum atomic E-state index is 12.1. The first-order valence-electron chi connectivity index (χ1n) is 6.28. The van der Waals surface area contributed by atoms with Gasteiger partial charge in [0.25, 0.3) is 5.91 Å². The standard InChI is InChI=1S/C15H17NO4/c1-8-6-12(10(3)20-8)9(2)16-15(19)11-4-5-13(17)14(18)7-11/h4-7,9,17-18H,1-3H3,(H,16,19). The summed E-state index contributed by atoms with van der Waals surface area (Å²) in [6.07, 6.45) is 0. The number of amides is 1. The van der Waals surface area contributed by atoms with Gasteiger partial charge in [-0.2, -0.15) is 0 Å². The number of carbonyl (C=O) groups excluding carboxylic acids is 1. The molecule has 1 heterocycles. The molecule has 0 aliphatic carbocycles. The summed E-state index contributed by atoms with van der Waals surface area (Å²) in [7, 11) is 0. The lowest BCUT2D eigenvalue weighted by atomic mass is 10.1. The first-order chi connectivity index (χ1) is 9.38. The van der Waals surface area contributed by atoms with Crippen LogP contribution < -0.4 is 5.32 Å². The third-order valence-corrected chi connectivity index (χ3v) is 3.13. The summed E-state index contributed by atoms with van der Waals surface area (Å²) in [4.78, 5) is 12.1. The van der Waals surface area contributed by atoms with Crippen LogP contribution in [-0.2, 0) is 0 Å². The highest BCUT2D eigenvalue weighted by Gasteiger charge is 2.16. The molecule has 1 aromatic heterocycles. The van der Waals surface area contributed by atoms with Crippen LogP contribution in [0.1, 0.15) is 40.4 Å². The average Bonchev–Trinajstić information content (AvgIpc) is 2.71. The van der Waals surface area contributed by atoms with Gasteiger partial charge in [0.2, 0.25) is 0 Å². The van der Waals surface area contributed by atoms with Gasteiger partial charge in [0.05, 0.1) is 6.04 Å². The molecular weight excluding hydrogens is 258 g/mol. The molecule has 20 heavy (non-hydrogen) atoms. The van der Waals surface area contributed by atoms with E-state index in [0.29, 0.717) is 0 Å². The second kappa shape index (κ2) is 5.28. The molecule has 1 aromatic carbocycles. The lowest BCUT2D eigenvalue weighted by Gasteiger charge is -2.13. The van der Waals surface area contributed by atoms with Crippen LogP contribution >= 0.6 is 0 Å². The Morgan fingerprint density at radius 3 is 2.45 bits per heavy atom. The molecule has 1 atom stereocenters. The molecular formula is C15H17NO4. The third-order valence-electron chi connectivity index (χ3n) is 3.13. The van der Waals surface area contributed by atoms with E-state index >= 15 is 0 Å². The number of phenols is 2. The van der Waals surface area contributed by atoms with Gasteiger partial charge in [0.1, 0.15) is 11.5 Å². The molecule has 1 amide bonds.